The second-order valence-corrected chi connectivity index (χ2v) is 7.43. The molecule has 3 aromatic carbocycles. The van der Waals surface area contributed by atoms with Gasteiger partial charge in [-0.1, -0.05) is 54.6 Å². The normalized spacial score (nSPS) is 15.0. The van der Waals surface area contributed by atoms with Crippen molar-refractivity contribution in [3.63, 3.8) is 0 Å². The van der Waals surface area contributed by atoms with Crippen molar-refractivity contribution in [1.82, 2.24) is 0 Å². The van der Waals surface area contributed by atoms with Crippen LogP contribution in [0.3, 0.4) is 0 Å². The molecule has 0 unspecified atom stereocenters. The summed E-state index contributed by atoms with van der Waals surface area (Å²) >= 11 is 0. The van der Waals surface area contributed by atoms with Gasteiger partial charge in [0.2, 0.25) is 0 Å². The van der Waals surface area contributed by atoms with E-state index in [4.69, 9.17) is 4.18 Å². The smallest absolute Gasteiger partial charge is 0.262 e. The van der Waals surface area contributed by atoms with Gasteiger partial charge in [-0.2, -0.15) is 8.42 Å². The lowest BCUT2D eigenvalue weighted by Crippen LogP contribution is -2.18. The zero-order valence-electron chi connectivity index (χ0n) is 12.5. The molecule has 3 aromatic rings. The number of fused-ring (bicyclic) bond motifs is 2. The first-order valence-electron chi connectivity index (χ1n) is 7.61. The summed E-state index contributed by atoms with van der Waals surface area (Å²) in [4.78, 5) is 0.215. The quantitative estimate of drug-likeness (QED) is 0.690. The molecule has 0 amide bonds. The van der Waals surface area contributed by atoms with Crippen molar-refractivity contribution >= 4 is 20.9 Å². The van der Waals surface area contributed by atoms with E-state index in [1.54, 1.807) is 12.1 Å². The van der Waals surface area contributed by atoms with Crippen molar-refractivity contribution in [2.24, 2.45) is 0 Å². The summed E-state index contributed by atoms with van der Waals surface area (Å²) in [5, 5.41) is 1.91. The molecule has 0 spiro atoms. The third-order valence-corrected chi connectivity index (χ3v) is 5.64. The Balaban J connectivity index is 1.60. The van der Waals surface area contributed by atoms with E-state index >= 15 is 0 Å². The summed E-state index contributed by atoms with van der Waals surface area (Å²) in [5.74, 6) is 0. The van der Waals surface area contributed by atoms with E-state index in [0.29, 0.717) is 12.8 Å². The SMILES string of the molecule is O=S(=O)(OC1Cc2ccccc2C1)c1ccc2ccccc2c1. The van der Waals surface area contributed by atoms with Crippen molar-refractivity contribution in [3.05, 3.63) is 77.9 Å². The van der Waals surface area contributed by atoms with Gasteiger partial charge in [0.05, 0.1) is 11.0 Å². The molecule has 23 heavy (non-hydrogen) atoms. The Kier molecular flexibility index (Phi) is 3.43. The Morgan fingerprint density at radius 3 is 2.09 bits per heavy atom. The Morgan fingerprint density at radius 1 is 0.783 bits per heavy atom. The van der Waals surface area contributed by atoms with Crippen LogP contribution in [0.1, 0.15) is 11.1 Å². The fourth-order valence-corrected chi connectivity index (χ4v) is 4.26. The zero-order valence-corrected chi connectivity index (χ0v) is 13.3. The Bertz CT molecular complexity index is 952. The number of rotatable bonds is 3. The van der Waals surface area contributed by atoms with Gasteiger partial charge in [0.25, 0.3) is 10.1 Å². The second-order valence-electron chi connectivity index (χ2n) is 5.86. The molecular weight excluding hydrogens is 308 g/mol. The molecule has 0 bridgehead atoms. The Labute approximate surface area is 135 Å². The highest BCUT2D eigenvalue weighted by Crippen LogP contribution is 2.27. The molecule has 4 rings (SSSR count). The van der Waals surface area contributed by atoms with E-state index in [1.807, 2.05) is 54.6 Å². The minimum atomic E-state index is -3.75. The van der Waals surface area contributed by atoms with Crippen LogP contribution in [-0.4, -0.2) is 14.5 Å². The molecule has 0 N–H and O–H groups in total. The lowest BCUT2D eigenvalue weighted by molar-refractivity contribution is 0.221. The Hall–Kier alpha value is -2.17. The van der Waals surface area contributed by atoms with Crippen LogP contribution < -0.4 is 0 Å². The maximum atomic E-state index is 12.6. The van der Waals surface area contributed by atoms with Gasteiger partial charge >= 0.3 is 0 Å². The summed E-state index contributed by atoms with van der Waals surface area (Å²) in [5.41, 5.74) is 2.34. The standard InChI is InChI=1S/C19H16O3S/c20-23(21,19-10-9-14-5-1-2-8-17(14)13-19)22-18-11-15-6-3-4-7-16(15)12-18/h1-10,13,18H,11-12H2. The van der Waals surface area contributed by atoms with Crippen LogP contribution in [-0.2, 0) is 27.1 Å². The van der Waals surface area contributed by atoms with Crippen LogP contribution in [0.4, 0.5) is 0 Å². The molecule has 3 nitrogen and oxygen atoms in total. The van der Waals surface area contributed by atoms with Gasteiger partial charge in [0.15, 0.2) is 0 Å². The van der Waals surface area contributed by atoms with Gasteiger partial charge in [-0.3, -0.25) is 4.18 Å². The Morgan fingerprint density at radius 2 is 1.39 bits per heavy atom. The first kappa shape index (κ1) is 14.4. The molecule has 0 heterocycles. The molecule has 0 radical (unpaired) electrons. The number of hydrogen-bond acceptors (Lipinski definition) is 3. The zero-order chi connectivity index (χ0) is 15.9. The molecule has 0 atom stereocenters. The van der Waals surface area contributed by atoms with Gasteiger partial charge in [-0.05, 0) is 34.0 Å². The largest absolute Gasteiger partial charge is 0.297 e. The van der Waals surface area contributed by atoms with E-state index in [0.717, 1.165) is 10.8 Å². The van der Waals surface area contributed by atoms with Crippen LogP contribution in [0.2, 0.25) is 0 Å². The van der Waals surface area contributed by atoms with E-state index in [1.165, 1.54) is 11.1 Å². The van der Waals surface area contributed by atoms with Crippen LogP contribution in [0, 0.1) is 0 Å². The fraction of sp³-hybridized carbons (Fsp3) is 0.158. The molecule has 0 saturated heterocycles. The maximum absolute atomic E-state index is 12.6. The third-order valence-electron chi connectivity index (χ3n) is 4.29. The molecule has 0 fully saturated rings. The van der Waals surface area contributed by atoms with Gasteiger partial charge in [0.1, 0.15) is 0 Å². The predicted molar refractivity (Wildman–Crippen MR) is 89.9 cm³/mol. The van der Waals surface area contributed by atoms with Crippen LogP contribution in [0.25, 0.3) is 10.8 Å². The molecule has 1 aliphatic carbocycles. The predicted octanol–water partition coefficient (Wildman–Crippen LogP) is 3.71. The van der Waals surface area contributed by atoms with Gasteiger partial charge < -0.3 is 0 Å². The number of hydrogen-bond donors (Lipinski definition) is 0. The van der Waals surface area contributed by atoms with Crippen molar-refractivity contribution in [3.8, 4) is 0 Å². The molecule has 1 aliphatic rings. The fourth-order valence-electron chi connectivity index (χ4n) is 3.14. The van der Waals surface area contributed by atoms with Crippen LogP contribution in [0.15, 0.2) is 71.6 Å². The van der Waals surface area contributed by atoms with Crippen molar-refractivity contribution in [2.45, 2.75) is 23.8 Å². The summed E-state index contributed by atoms with van der Waals surface area (Å²) in [7, 11) is -3.75. The van der Waals surface area contributed by atoms with Crippen LogP contribution >= 0.6 is 0 Å². The van der Waals surface area contributed by atoms with E-state index in [9.17, 15) is 8.42 Å². The minimum Gasteiger partial charge on any atom is -0.262 e. The number of benzene rings is 3. The van der Waals surface area contributed by atoms with Crippen molar-refractivity contribution in [1.29, 1.82) is 0 Å². The summed E-state index contributed by atoms with van der Waals surface area (Å²) in [6.07, 6.45) is 0.968. The average molecular weight is 324 g/mol. The van der Waals surface area contributed by atoms with E-state index < -0.39 is 10.1 Å². The summed E-state index contributed by atoms with van der Waals surface area (Å²) in [6, 6.07) is 20.8. The van der Waals surface area contributed by atoms with Crippen molar-refractivity contribution in [2.75, 3.05) is 0 Å². The molecular formula is C19H16O3S. The average Bonchev–Trinajstić information content (AvgIpc) is 2.95. The second kappa shape index (κ2) is 5.48. The van der Waals surface area contributed by atoms with Crippen LogP contribution in [0.5, 0.6) is 0 Å². The summed E-state index contributed by atoms with van der Waals surface area (Å²) in [6.45, 7) is 0. The molecule has 0 saturated carbocycles. The minimum absolute atomic E-state index is 0.215. The molecule has 4 heteroatoms. The first-order valence-corrected chi connectivity index (χ1v) is 9.01. The highest BCUT2D eigenvalue weighted by molar-refractivity contribution is 7.86. The molecule has 0 aromatic heterocycles. The monoisotopic (exact) mass is 324 g/mol. The lowest BCUT2D eigenvalue weighted by atomic mass is 10.1. The van der Waals surface area contributed by atoms with Gasteiger partial charge in [-0.25, -0.2) is 0 Å². The molecule has 0 aliphatic heterocycles. The van der Waals surface area contributed by atoms with E-state index in [-0.39, 0.29) is 11.0 Å². The highest BCUT2D eigenvalue weighted by atomic mass is 32.2. The maximum Gasteiger partial charge on any atom is 0.297 e. The lowest BCUT2D eigenvalue weighted by Gasteiger charge is -2.12. The topological polar surface area (TPSA) is 43.4 Å². The van der Waals surface area contributed by atoms with Crippen molar-refractivity contribution < 1.29 is 12.6 Å². The van der Waals surface area contributed by atoms with E-state index in [2.05, 4.69) is 0 Å². The first-order chi connectivity index (χ1) is 11.1. The van der Waals surface area contributed by atoms with Gasteiger partial charge in [0, 0.05) is 12.8 Å². The molecule has 116 valence electrons. The summed E-state index contributed by atoms with van der Waals surface area (Å²) < 4.78 is 30.6. The third kappa shape index (κ3) is 2.76. The highest BCUT2D eigenvalue weighted by Gasteiger charge is 2.27. The van der Waals surface area contributed by atoms with Gasteiger partial charge in [-0.15, -0.1) is 0 Å².